The fourth-order valence-corrected chi connectivity index (χ4v) is 6.49. The van der Waals surface area contributed by atoms with Gasteiger partial charge in [-0.1, -0.05) is 66.4 Å². The quantitative estimate of drug-likeness (QED) is 0.342. The summed E-state index contributed by atoms with van der Waals surface area (Å²) in [6.07, 6.45) is 3.81. The molecule has 7 nitrogen and oxygen atoms in total. The SMILES string of the molecule is Cc1ccc(S(=O)(=O)N(CC(=O)N(Cc2ccc(F)cc2)[C@@H](C)C(=O)NC2CCCC2)c2ccccc2Cl)cc1. The molecule has 40 heavy (non-hydrogen) atoms. The number of carbonyl (C=O) groups is 2. The Labute approximate surface area is 240 Å². The molecule has 1 N–H and O–H groups in total. The topological polar surface area (TPSA) is 86.8 Å². The predicted octanol–water partition coefficient (Wildman–Crippen LogP) is 5.46. The second-order valence-electron chi connectivity index (χ2n) is 10.1. The summed E-state index contributed by atoms with van der Waals surface area (Å²) in [5.74, 6) is -1.36. The summed E-state index contributed by atoms with van der Waals surface area (Å²) in [5.41, 5.74) is 1.62. The Morgan fingerprint density at radius 1 is 1.00 bits per heavy atom. The maximum absolute atomic E-state index is 13.9. The Morgan fingerprint density at radius 2 is 1.62 bits per heavy atom. The van der Waals surface area contributed by atoms with E-state index in [1.54, 1.807) is 37.3 Å². The van der Waals surface area contributed by atoms with E-state index in [1.807, 2.05) is 6.92 Å². The van der Waals surface area contributed by atoms with Gasteiger partial charge in [0.1, 0.15) is 18.4 Å². The van der Waals surface area contributed by atoms with Crippen LogP contribution in [0.3, 0.4) is 0 Å². The van der Waals surface area contributed by atoms with Crippen molar-refractivity contribution in [2.75, 3.05) is 10.8 Å². The third kappa shape index (κ3) is 7.01. The number of sulfonamides is 1. The summed E-state index contributed by atoms with van der Waals surface area (Å²) in [6.45, 7) is 2.85. The number of nitrogens with one attached hydrogen (secondary N) is 1. The Morgan fingerprint density at radius 3 is 2.25 bits per heavy atom. The molecule has 0 unspecified atom stereocenters. The molecule has 1 aliphatic rings. The van der Waals surface area contributed by atoms with E-state index >= 15 is 0 Å². The van der Waals surface area contributed by atoms with Gasteiger partial charge >= 0.3 is 0 Å². The molecule has 3 aromatic carbocycles. The highest BCUT2D eigenvalue weighted by Gasteiger charge is 2.34. The molecule has 0 heterocycles. The first kappa shape index (κ1) is 29.6. The number of aryl methyl sites for hydroxylation is 1. The van der Waals surface area contributed by atoms with E-state index in [9.17, 15) is 22.4 Å². The second kappa shape index (κ2) is 12.8. The largest absolute Gasteiger partial charge is 0.352 e. The number of amides is 2. The van der Waals surface area contributed by atoms with Gasteiger partial charge in [-0.05, 0) is 68.7 Å². The molecular formula is C30H33ClFN3O4S. The molecule has 3 aromatic rings. The van der Waals surface area contributed by atoms with Crippen LogP contribution in [0.4, 0.5) is 10.1 Å². The van der Waals surface area contributed by atoms with Crippen molar-refractivity contribution >= 4 is 39.1 Å². The number of hydrogen-bond donors (Lipinski definition) is 1. The Hall–Kier alpha value is -3.43. The van der Waals surface area contributed by atoms with E-state index in [0.29, 0.717) is 5.56 Å². The zero-order valence-corrected chi connectivity index (χ0v) is 24.1. The molecule has 212 valence electrons. The highest BCUT2D eigenvalue weighted by atomic mass is 35.5. The monoisotopic (exact) mass is 585 g/mol. The molecule has 1 aliphatic carbocycles. The number of anilines is 1. The van der Waals surface area contributed by atoms with Crippen LogP contribution in [0, 0.1) is 12.7 Å². The van der Waals surface area contributed by atoms with Gasteiger partial charge in [0.2, 0.25) is 11.8 Å². The van der Waals surface area contributed by atoms with Crippen LogP contribution in [0.25, 0.3) is 0 Å². The van der Waals surface area contributed by atoms with Gasteiger partial charge in [-0.25, -0.2) is 12.8 Å². The van der Waals surface area contributed by atoms with Crippen molar-refractivity contribution in [3.63, 3.8) is 0 Å². The second-order valence-corrected chi connectivity index (χ2v) is 12.4. The molecule has 1 fully saturated rings. The van der Waals surface area contributed by atoms with Gasteiger partial charge in [-0.3, -0.25) is 13.9 Å². The molecular weight excluding hydrogens is 553 g/mol. The highest BCUT2D eigenvalue weighted by molar-refractivity contribution is 7.92. The van der Waals surface area contributed by atoms with Crippen LogP contribution >= 0.6 is 11.6 Å². The van der Waals surface area contributed by atoms with Gasteiger partial charge in [0.05, 0.1) is 15.6 Å². The van der Waals surface area contributed by atoms with E-state index in [1.165, 1.54) is 47.4 Å². The zero-order chi connectivity index (χ0) is 28.9. The van der Waals surface area contributed by atoms with Crippen LogP contribution < -0.4 is 9.62 Å². The van der Waals surface area contributed by atoms with E-state index < -0.39 is 34.3 Å². The maximum Gasteiger partial charge on any atom is 0.264 e. The van der Waals surface area contributed by atoms with E-state index in [-0.39, 0.29) is 34.1 Å². The lowest BCUT2D eigenvalue weighted by atomic mass is 10.1. The summed E-state index contributed by atoms with van der Waals surface area (Å²) in [6, 6.07) is 17.4. The summed E-state index contributed by atoms with van der Waals surface area (Å²) >= 11 is 6.42. The fraction of sp³-hybridized carbons (Fsp3) is 0.333. The highest BCUT2D eigenvalue weighted by Crippen LogP contribution is 2.31. The lowest BCUT2D eigenvalue weighted by Crippen LogP contribution is -2.52. The first-order chi connectivity index (χ1) is 19.1. The van der Waals surface area contributed by atoms with Crippen LogP contribution in [-0.2, 0) is 26.2 Å². The van der Waals surface area contributed by atoms with Crippen molar-refractivity contribution in [2.24, 2.45) is 0 Å². The molecule has 0 aromatic heterocycles. The Bertz CT molecular complexity index is 1440. The molecule has 0 saturated heterocycles. The predicted molar refractivity (Wildman–Crippen MR) is 154 cm³/mol. The van der Waals surface area contributed by atoms with Gasteiger partial charge < -0.3 is 10.2 Å². The molecule has 2 amide bonds. The lowest BCUT2D eigenvalue weighted by molar-refractivity contribution is -0.139. The number of rotatable bonds is 10. The number of hydrogen-bond acceptors (Lipinski definition) is 4. The third-order valence-corrected chi connectivity index (χ3v) is 9.24. The molecule has 10 heteroatoms. The minimum absolute atomic E-state index is 0.00271. The van der Waals surface area contributed by atoms with Gasteiger partial charge in [-0.15, -0.1) is 0 Å². The van der Waals surface area contributed by atoms with Crippen molar-refractivity contribution in [1.29, 1.82) is 0 Å². The van der Waals surface area contributed by atoms with Gasteiger partial charge in [0.15, 0.2) is 0 Å². The van der Waals surface area contributed by atoms with Crippen molar-refractivity contribution in [3.05, 3.63) is 94.8 Å². The van der Waals surface area contributed by atoms with Crippen LogP contribution in [0.2, 0.25) is 5.02 Å². The van der Waals surface area contributed by atoms with Gasteiger partial charge in [0, 0.05) is 12.6 Å². The minimum atomic E-state index is -4.21. The zero-order valence-electron chi connectivity index (χ0n) is 22.5. The van der Waals surface area contributed by atoms with E-state index in [4.69, 9.17) is 11.6 Å². The number of para-hydroxylation sites is 1. The normalized spacial score (nSPS) is 14.5. The molecule has 4 rings (SSSR count). The standard InChI is InChI=1S/C30H33ClFN3O4S/c1-21-11-17-26(18-12-21)40(38,39)35(28-10-6-5-9-27(28)31)20-29(36)34(19-23-13-15-24(32)16-14-23)22(2)30(37)33-25-7-3-4-8-25/h5-6,9-18,22,25H,3-4,7-8,19-20H2,1-2H3,(H,33,37)/t22-/m0/s1. The maximum atomic E-state index is 13.9. The van der Waals surface area contributed by atoms with E-state index in [0.717, 1.165) is 35.6 Å². The molecule has 0 radical (unpaired) electrons. The number of nitrogens with zero attached hydrogens (tertiary/aromatic N) is 2. The third-order valence-electron chi connectivity index (χ3n) is 7.14. The Kier molecular flexibility index (Phi) is 9.48. The number of halogens is 2. The average molecular weight is 586 g/mol. The molecule has 1 atom stereocenters. The summed E-state index contributed by atoms with van der Waals surface area (Å²) < 4.78 is 42.3. The molecule has 1 saturated carbocycles. The summed E-state index contributed by atoms with van der Waals surface area (Å²) in [4.78, 5) is 28.5. The van der Waals surface area contributed by atoms with Crippen molar-refractivity contribution < 1.29 is 22.4 Å². The van der Waals surface area contributed by atoms with Crippen molar-refractivity contribution in [2.45, 2.75) is 63.1 Å². The summed E-state index contributed by atoms with van der Waals surface area (Å²) in [7, 11) is -4.21. The van der Waals surface area contributed by atoms with E-state index in [2.05, 4.69) is 5.32 Å². The molecule has 0 aliphatic heterocycles. The average Bonchev–Trinajstić information content (AvgIpc) is 3.44. The molecule has 0 bridgehead atoms. The van der Waals surface area contributed by atoms with Crippen LogP contribution in [-0.4, -0.2) is 43.8 Å². The first-order valence-electron chi connectivity index (χ1n) is 13.2. The summed E-state index contributed by atoms with van der Waals surface area (Å²) in [5, 5.41) is 3.17. The van der Waals surface area contributed by atoms with Crippen LogP contribution in [0.1, 0.15) is 43.7 Å². The number of benzene rings is 3. The Balaban J connectivity index is 1.69. The van der Waals surface area contributed by atoms with Crippen molar-refractivity contribution in [3.8, 4) is 0 Å². The van der Waals surface area contributed by atoms with Crippen LogP contribution in [0.5, 0.6) is 0 Å². The lowest BCUT2D eigenvalue weighted by Gasteiger charge is -2.32. The van der Waals surface area contributed by atoms with Gasteiger partial charge in [0.25, 0.3) is 10.0 Å². The molecule has 0 spiro atoms. The first-order valence-corrected chi connectivity index (χ1v) is 15.1. The minimum Gasteiger partial charge on any atom is -0.352 e. The van der Waals surface area contributed by atoms with Gasteiger partial charge in [-0.2, -0.15) is 0 Å². The fourth-order valence-electron chi connectivity index (χ4n) is 4.77. The smallest absolute Gasteiger partial charge is 0.264 e. The number of carbonyl (C=O) groups excluding carboxylic acids is 2. The van der Waals surface area contributed by atoms with Crippen molar-refractivity contribution in [1.82, 2.24) is 10.2 Å². The van der Waals surface area contributed by atoms with Crippen LogP contribution in [0.15, 0.2) is 77.7 Å².